The Bertz CT molecular complexity index is 1020. The maximum atomic E-state index is 6.08. The Kier molecular flexibility index (Phi) is 7.46. The fraction of sp³-hybridized carbons (Fsp3) is 0.476. The Morgan fingerprint density at radius 2 is 2.07 bits per heavy atom. The molecular weight excluding hydrogens is 511 g/mol. The molecule has 0 aliphatic heterocycles. The quantitative estimate of drug-likeness (QED) is 0.319. The summed E-state index contributed by atoms with van der Waals surface area (Å²) in [6, 6.07) is 6.46. The van der Waals surface area contributed by atoms with Crippen molar-refractivity contribution < 1.29 is 4.74 Å². The van der Waals surface area contributed by atoms with Crippen molar-refractivity contribution in [3.8, 4) is 5.75 Å². The van der Waals surface area contributed by atoms with E-state index in [0.29, 0.717) is 17.4 Å². The third-order valence-corrected chi connectivity index (χ3v) is 7.53. The average molecular weight is 540 g/mol. The fourth-order valence-electron chi connectivity index (χ4n) is 2.86. The van der Waals surface area contributed by atoms with E-state index in [0.717, 1.165) is 44.5 Å². The molecule has 9 heteroatoms. The van der Waals surface area contributed by atoms with E-state index < -0.39 is 0 Å². The number of halogens is 1. The number of nitrogens with two attached hydrogens (primary N) is 1. The lowest BCUT2D eigenvalue weighted by molar-refractivity contribution is 0.284. The highest BCUT2D eigenvalue weighted by Crippen LogP contribution is 2.35. The van der Waals surface area contributed by atoms with E-state index in [9.17, 15) is 0 Å². The van der Waals surface area contributed by atoms with E-state index in [1.54, 1.807) is 18.9 Å². The van der Waals surface area contributed by atoms with Crippen molar-refractivity contribution in [2.45, 2.75) is 56.8 Å². The molecule has 0 bridgehead atoms. The van der Waals surface area contributed by atoms with E-state index >= 15 is 0 Å². The lowest BCUT2D eigenvalue weighted by atomic mass is 9.88. The van der Waals surface area contributed by atoms with E-state index in [4.69, 9.17) is 15.5 Å². The molecule has 2 heterocycles. The summed E-state index contributed by atoms with van der Waals surface area (Å²) in [7, 11) is 1.67. The first-order chi connectivity index (χ1) is 14.2. The molecule has 30 heavy (non-hydrogen) atoms. The number of aromatic nitrogens is 4. The van der Waals surface area contributed by atoms with Gasteiger partial charge in [-0.3, -0.25) is 0 Å². The molecule has 7 nitrogen and oxygen atoms in total. The van der Waals surface area contributed by atoms with Crippen LogP contribution >= 0.6 is 34.4 Å². The van der Waals surface area contributed by atoms with Gasteiger partial charge in [0.05, 0.1) is 7.11 Å². The zero-order valence-electron chi connectivity index (χ0n) is 18.1. The van der Waals surface area contributed by atoms with Crippen LogP contribution in [0.15, 0.2) is 34.6 Å². The molecule has 0 aliphatic rings. The number of aryl methyl sites for hydroxylation is 1. The molecule has 1 atom stereocenters. The minimum atomic E-state index is 0.230. The summed E-state index contributed by atoms with van der Waals surface area (Å²) < 4.78 is 8.66. The number of hydrogen-bond acceptors (Lipinski definition) is 7. The minimum absolute atomic E-state index is 0.230. The van der Waals surface area contributed by atoms with Crippen LogP contribution < -0.4 is 15.8 Å². The van der Waals surface area contributed by atoms with Gasteiger partial charge in [0.1, 0.15) is 12.1 Å². The molecule has 0 amide bonds. The van der Waals surface area contributed by atoms with Gasteiger partial charge >= 0.3 is 0 Å². The molecule has 3 N–H and O–H groups in total. The van der Waals surface area contributed by atoms with Gasteiger partial charge in [-0.15, -0.1) is 0 Å². The molecule has 1 aromatic carbocycles. The second kappa shape index (κ2) is 9.69. The predicted octanol–water partition coefficient (Wildman–Crippen LogP) is 4.59. The van der Waals surface area contributed by atoms with Crippen molar-refractivity contribution in [3.63, 3.8) is 0 Å². The zero-order chi connectivity index (χ0) is 21.9. The number of nitrogens with zero attached hydrogens (tertiary/aromatic N) is 4. The fourth-order valence-corrected chi connectivity index (χ4v) is 4.49. The maximum Gasteiger partial charge on any atom is 0.175 e. The van der Waals surface area contributed by atoms with Crippen LogP contribution in [0.2, 0.25) is 0 Å². The number of imidazole rings is 1. The molecule has 3 aromatic rings. The SMILES string of the molecule is COc1ccc(I)c(Sc2nc3c(N)ncnc3n2CCCNC(C)C(C)(C)C)c1. The van der Waals surface area contributed by atoms with Crippen molar-refractivity contribution in [1.82, 2.24) is 24.8 Å². The molecule has 162 valence electrons. The average Bonchev–Trinajstić information content (AvgIpc) is 3.04. The number of benzene rings is 1. The number of rotatable bonds is 8. The third kappa shape index (κ3) is 5.36. The van der Waals surface area contributed by atoms with Gasteiger partial charge in [-0.1, -0.05) is 32.5 Å². The van der Waals surface area contributed by atoms with Crippen molar-refractivity contribution in [3.05, 3.63) is 28.1 Å². The topological polar surface area (TPSA) is 90.9 Å². The molecule has 0 saturated heterocycles. The lowest BCUT2D eigenvalue weighted by Gasteiger charge is -2.28. The summed E-state index contributed by atoms with van der Waals surface area (Å²) in [6.07, 6.45) is 2.46. The Morgan fingerprint density at radius 1 is 1.30 bits per heavy atom. The van der Waals surface area contributed by atoms with Crippen LogP contribution in [0, 0.1) is 8.99 Å². The second-order valence-corrected chi connectivity index (χ2v) is 10.4. The van der Waals surface area contributed by atoms with Gasteiger partial charge in [0.15, 0.2) is 22.1 Å². The van der Waals surface area contributed by atoms with E-state index in [1.807, 2.05) is 18.2 Å². The Balaban J connectivity index is 1.85. The summed E-state index contributed by atoms with van der Waals surface area (Å²) in [5, 5.41) is 4.48. The number of hydrogen-bond donors (Lipinski definition) is 2. The van der Waals surface area contributed by atoms with Gasteiger partial charge in [0, 0.05) is 21.1 Å². The van der Waals surface area contributed by atoms with Crippen molar-refractivity contribution in [2.75, 3.05) is 19.4 Å². The standard InChI is InChI=1S/C21H29IN6OS/c1-13(21(2,3)4)24-9-6-10-28-19-17(18(23)25-12-26-19)27-20(28)30-16-11-14(29-5)7-8-15(16)22/h7-8,11-13,24H,6,9-10H2,1-5H3,(H2,23,25,26). The van der Waals surface area contributed by atoms with E-state index in [2.05, 4.69) is 70.1 Å². The molecule has 0 fully saturated rings. The van der Waals surface area contributed by atoms with Crippen LogP contribution in [0.4, 0.5) is 5.82 Å². The highest BCUT2D eigenvalue weighted by molar-refractivity contribution is 14.1. The number of methoxy groups -OCH3 is 1. The molecule has 3 rings (SSSR count). The van der Waals surface area contributed by atoms with Gasteiger partial charge in [-0.05, 0) is 66.1 Å². The number of nitrogen functional groups attached to an aromatic ring is 1. The zero-order valence-corrected chi connectivity index (χ0v) is 21.0. The lowest BCUT2D eigenvalue weighted by Crippen LogP contribution is -2.38. The Hall–Kier alpha value is -1.59. The first kappa shape index (κ1) is 23.1. The molecule has 0 spiro atoms. The first-order valence-corrected chi connectivity index (χ1v) is 11.8. The van der Waals surface area contributed by atoms with Crippen LogP contribution in [-0.2, 0) is 6.54 Å². The highest BCUT2D eigenvalue weighted by Gasteiger charge is 2.20. The van der Waals surface area contributed by atoms with Crippen LogP contribution in [0.3, 0.4) is 0 Å². The smallest absolute Gasteiger partial charge is 0.175 e. The van der Waals surface area contributed by atoms with Gasteiger partial charge < -0.3 is 20.4 Å². The number of fused-ring (bicyclic) bond motifs is 1. The summed E-state index contributed by atoms with van der Waals surface area (Å²) in [6.45, 7) is 10.7. The molecule has 0 aliphatic carbocycles. The molecule has 0 radical (unpaired) electrons. The largest absolute Gasteiger partial charge is 0.497 e. The molecule has 1 unspecified atom stereocenters. The van der Waals surface area contributed by atoms with Crippen LogP contribution in [0.1, 0.15) is 34.1 Å². The van der Waals surface area contributed by atoms with Gasteiger partial charge in [-0.25, -0.2) is 15.0 Å². The number of anilines is 1. The van der Waals surface area contributed by atoms with Crippen LogP contribution in [0.5, 0.6) is 5.75 Å². The second-order valence-electron chi connectivity index (χ2n) is 8.27. The molecule has 0 saturated carbocycles. The monoisotopic (exact) mass is 540 g/mol. The minimum Gasteiger partial charge on any atom is -0.497 e. The normalized spacial score (nSPS) is 13.0. The molecule has 2 aromatic heterocycles. The highest BCUT2D eigenvalue weighted by atomic mass is 127. The van der Waals surface area contributed by atoms with Crippen LogP contribution in [0.25, 0.3) is 11.2 Å². The Morgan fingerprint density at radius 3 is 2.77 bits per heavy atom. The van der Waals surface area contributed by atoms with Crippen molar-refractivity contribution in [1.29, 1.82) is 0 Å². The summed E-state index contributed by atoms with van der Waals surface area (Å²) in [5.41, 5.74) is 7.73. The van der Waals surface area contributed by atoms with Gasteiger partial charge in [0.2, 0.25) is 0 Å². The number of ether oxygens (including phenoxy) is 1. The van der Waals surface area contributed by atoms with Gasteiger partial charge in [-0.2, -0.15) is 0 Å². The predicted molar refractivity (Wildman–Crippen MR) is 131 cm³/mol. The Labute approximate surface area is 195 Å². The first-order valence-electron chi connectivity index (χ1n) is 9.92. The summed E-state index contributed by atoms with van der Waals surface area (Å²) in [4.78, 5) is 14.4. The van der Waals surface area contributed by atoms with E-state index in [-0.39, 0.29) is 5.41 Å². The van der Waals surface area contributed by atoms with Crippen molar-refractivity contribution >= 4 is 51.3 Å². The molecular formula is C21H29IN6OS. The van der Waals surface area contributed by atoms with Crippen LogP contribution in [-0.4, -0.2) is 39.2 Å². The van der Waals surface area contributed by atoms with E-state index in [1.165, 1.54) is 6.33 Å². The summed E-state index contributed by atoms with van der Waals surface area (Å²) in [5.74, 6) is 1.22. The maximum absolute atomic E-state index is 6.08. The van der Waals surface area contributed by atoms with Crippen molar-refractivity contribution in [2.24, 2.45) is 5.41 Å². The summed E-state index contributed by atoms with van der Waals surface area (Å²) >= 11 is 3.92. The van der Waals surface area contributed by atoms with Gasteiger partial charge in [0.25, 0.3) is 0 Å². The third-order valence-electron chi connectivity index (χ3n) is 5.17. The number of nitrogens with one attached hydrogen (secondary N) is 1.